The zero-order valence-electron chi connectivity index (χ0n) is 18.6. The Hall–Kier alpha value is -2.27. The minimum Gasteiger partial charge on any atom is -0.368 e. The fraction of sp³-hybridized carbons (Fsp3) is 0.636. The SMILES string of the molecule is CCNC(=NCC(C)(C)CCS(C)(=O)=O)NC1CCCN(c2ccccc2C#N)C1. The minimum absolute atomic E-state index is 0.176. The lowest BCUT2D eigenvalue weighted by molar-refractivity contribution is 0.364. The molecule has 0 amide bonds. The molecule has 1 fully saturated rings. The van der Waals surface area contributed by atoms with Crippen LogP contribution in [-0.4, -0.2) is 58.6 Å². The van der Waals surface area contributed by atoms with Crippen molar-refractivity contribution in [1.29, 1.82) is 5.26 Å². The quantitative estimate of drug-likeness (QED) is 0.483. The molecule has 1 aliphatic rings. The monoisotopic (exact) mass is 433 g/mol. The smallest absolute Gasteiger partial charge is 0.191 e. The lowest BCUT2D eigenvalue weighted by Crippen LogP contribution is -2.51. The van der Waals surface area contributed by atoms with Crippen molar-refractivity contribution < 1.29 is 8.42 Å². The molecule has 0 saturated carbocycles. The first-order valence-electron chi connectivity index (χ1n) is 10.6. The van der Waals surface area contributed by atoms with Crippen molar-refractivity contribution in [2.45, 2.75) is 46.1 Å². The van der Waals surface area contributed by atoms with E-state index < -0.39 is 9.84 Å². The van der Waals surface area contributed by atoms with Gasteiger partial charge in [-0.15, -0.1) is 0 Å². The second-order valence-electron chi connectivity index (χ2n) is 8.80. The highest BCUT2D eigenvalue weighted by atomic mass is 32.2. The third-order valence-corrected chi connectivity index (χ3v) is 6.23. The summed E-state index contributed by atoms with van der Waals surface area (Å²) in [7, 11) is -2.98. The van der Waals surface area contributed by atoms with Crippen LogP contribution in [0, 0.1) is 16.7 Å². The number of nitriles is 1. The lowest BCUT2D eigenvalue weighted by atomic mass is 9.90. The Labute approximate surface area is 181 Å². The molecule has 30 heavy (non-hydrogen) atoms. The van der Waals surface area contributed by atoms with Crippen molar-refractivity contribution in [3.05, 3.63) is 29.8 Å². The van der Waals surface area contributed by atoms with E-state index in [1.54, 1.807) is 0 Å². The van der Waals surface area contributed by atoms with Gasteiger partial charge >= 0.3 is 0 Å². The van der Waals surface area contributed by atoms with Crippen LogP contribution < -0.4 is 15.5 Å². The van der Waals surface area contributed by atoms with Crippen LogP contribution in [0.25, 0.3) is 0 Å². The number of nitrogens with zero attached hydrogens (tertiary/aromatic N) is 3. The van der Waals surface area contributed by atoms with Gasteiger partial charge < -0.3 is 15.5 Å². The van der Waals surface area contributed by atoms with Crippen molar-refractivity contribution in [2.75, 3.05) is 43.1 Å². The topological polar surface area (TPSA) is 97.6 Å². The number of guanidine groups is 1. The maximum Gasteiger partial charge on any atom is 0.191 e. The zero-order chi connectivity index (χ0) is 22.2. The van der Waals surface area contributed by atoms with Gasteiger partial charge in [0.05, 0.1) is 17.0 Å². The van der Waals surface area contributed by atoms with Crippen LogP contribution in [0.4, 0.5) is 5.69 Å². The second-order valence-corrected chi connectivity index (χ2v) is 11.1. The number of hydrogen-bond donors (Lipinski definition) is 2. The number of aliphatic imine (C=N–C) groups is 1. The molecule has 1 saturated heterocycles. The molecule has 1 atom stereocenters. The van der Waals surface area contributed by atoms with Gasteiger partial charge in [0.25, 0.3) is 0 Å². The van der Waals surface area contributed by atoms with Gasteiger partial charge in [0.15, 0.2) is 5.96 Å². The number of rotatable bonds is 8. The normalized spacial score (nSPS) is 18.0. The van der Waals surface area contributed by atoms with Crippen molar-refractivity contribution >= 4 is 21.5 Å². The van der Waals surface area contributed by atoms with Gasteiger partial charge in [-0.05, 0) is 43.7 Å². The van der Waals surface area contributed by atoms with Gasteiger partial charge in [-0.25, -0.2) is 8.42 Å². The number of hydrogen-bond acceptors (Lipinski definition) is 5. The van der Waals surface area contributed by atoms with E-state index in [4.69, 9.17) is 4.99 Å². The van der Waals surface area contributed by atoms with E-state index in [1.165, 1.54) is 6.26 Å². The first-order valence-corrected chi connectivity index (χ1v) is 12.7. The summed E-state index contributed by atoms with van der Waals surface area (Å²) < 4.78 is 23.0. The van der Waals surface area contributed by atoms with Crippen molar-refractivity contribution in [3.63, 3.8) is 0 Å². The molecule has 1 heterocycles. The van der Waals surface area contributed by atoms with Gasteiger partial charge in [0.1, 0.15) is 15.9 Å². The van der Waals surface area contributed by atoms with E-state index in [0.717, 1.165) is 44.1 Å². The van der Waals surface area contributed by atoms with E-state index in [9.17, 15) is 13.7 Å². The molecular formula is C22H35N5O2S. The van der Waals surface area contributed by atoms with Gasteiger partial charge in [-0.1, -0.05) is 26.0 Å². The van der Waals surface area contributed by atoms with E-state index >= 15 is 0 Å². The molecule has 8 heteroatoms. The number of benzene rings is 1. The average molecular weight is 434 g/mol. The molecule has 1 aliphatic heterocycles. The second kappa shape index (κ2) is 10.7. The summed E-state index contributed by atoms with van der Waals surface area (Å²) in [5.74, 6) is 0.931. The summed E-state index contributed by atoms with van der Waals surface area (Å²) >= 11 is 0. The summed E-state index contributed by atoms with van der Waals surface area (Å²) in [6.07, 6.45) is 3.93. The Morgan fingerprint density at radius 2 is 2.10 bits per heavy atom. The van der Waals surface area contributed by atoms with E-state index in [2.05, 4.69) is 21.6 Å². The summed E-state index contributed by atoms with van der Waals surface area (Å²) in [6.45, 7) is 9.17. The van der Waals surface area contributed by atoms with E-state index in [1.807, 2.05) is 45.0 Å². The van der Waals surface area contributed by atoms with Crippen molar-refractivity contribution in [1.82, 2.24) is 10.6 Å². The van der Waals surface area contributed by atoms with Crippen LogP contribution in [0.3, 0.4) is 0 Å². The third-order valence-electron chi connectivity index (χ3n) is 5.29. The van der Waals surface area contributed by atoms with Crippen molar-refractivity contribution in [3.8, 4) is 6.07 Å². The molecule has 2 rings (SSSR count). The Balaban J connectivity index is 2.03. The minimum atomic E-state index is -2.98. The van der Waals surface area contributed by atoms with Gasteiger partial charge in [-0.2, -0.15) is 5.26 Å². The van der Waals surface area contributed by atoms with Gasteiger partial charge in [-0.3, -0.25) is 4.99 Å². The highest BCUT2D eigenvalue weighted by Crippen LogP contribution is 2.24. The molecule has 1 unspecified atom stereocenters. The molecule has 2 N–H and O–H groups in total. The molecule has 7 nitrogen and oxygen atoms in total. The fourth-order valence-electron chi connectivity index (χ4n) is 3.50. The van der Waals surface area contributed by atoms with Crippen LogP contribution in [-0.2, 0) is 9.84 Å². The molecule has 166 valence electrons. The highest BCUT2D eigenvalue weighted by Gasteiger charge is 2.24. The summed E-state index contributed by atoms with van der Waals surface area (Å²) in [4.78, 5) is 7.00. The van der Waals surface area contributed by atoms with Crippen molar-refractivity contribution in [2.24, 2.45) is 10.4 Å². The number of anilines is 1. The van der Waals surface area contributed by atoms with Crippen LogP contribution in [0.2, 0.25) is 0 Å². The molecule has 0 bridgehead atoms. The largest absolute Gasteiger partial charge is 0.368 e. The molecule has 0 radical (unpaired) electrons. The van der Waals surface area contributed by atoms with Crippen LogP contribution in [0.15, 0.2) is 29.3 Å². The zero-order valence-corrected chi connectivity index (χ0v) is 19.4. The van der Waals surface area contributed by atoms with E-state index in [-0.39, 0.29) is 17.2 Å². The predicted octanol–water partition coefficient (Wildman–Crippen LogP) is 2.54. The predicted molar refractivity (Wildman–Crippen MR) is 124 cm³/mol. The van der Waals surface area contributed by atoms with E-state index in [0.29, 0.717) is 18.5 Å². The standard InChI is InChI=1S/C22H35N5O2S/c1-5-24-21(25-17-22(2,3)12-14-30(4,28)29)26-19-10-8-13-27(16-19)20-11-7-6-9-18(20)15-23/h6-7,9,11,19H,5,8,10,12-14,16-17H2,1-4H3,(H2,24,25,26). The average Bonchev–Trinajstić information content (AvgIpc) is 2.71. The maximum absolute atomic E-state index is 11.5. The highest BCUT2D eigenvalue weighted by molar-refractivity contribution is 7.90. The maximum atomic E-state index is 11.5. The van der Waals surface area contributed by atoms with Crippen LogP contribution >= 0.6 is 0 Å². The molecular weight excluding hydrogens is 398 g/mol. The molecule has 0 aromatic heterocycles. The van der Waals surface area contributed by atoms with Crippen LogP contribution in [0.5, 0.6) is 0 Å². The summed E-state index contributed by atoms with van der Waals surface area (Å²) in [5, 5.41) is 16.2. The lowest BCUT2D eigenvalue weighted by Gasteiger charge is -2.36. The Bertz CT molecular complexity index is 874. The van der Waals surface area contributed by atoms with Crippen LogP contribution in [0.1, 0.15) is 45.6 Å². The Morgan fingerprint density at radius 3 is 2.77 bits per heavy atom. The number of sulfone groups is 1. The summed E-state index contributed by atoms with van der Waals surface area (Å²) in [5.41, 5.74) is 1.48. The third kappa shape index (κ3) is 7.86. The molecule has 1 aromatic rings. The molecule has 0 aliphatic carbocycles. The van der Waals surface area contributed by atoms with Gasteiger partial charge in [0.2, 0.25) is 0 Å². The number of piperidine rings is 1. The summed E-state index contributed by atoms with van der Waals surface area (Å²) in [6, 6.07) is 10.2. The van der Waals surface area contributed by atoms with Gasteiger partial charge in [0, 0.05) is 38.5 Å². The first kappa shape index (κ1) is 24.0. The molecule has 0 spiro atoms. The Kier molecular flexibility index (Phi) is 8.54. The first-order chi connectivity index (χ1) is 14.1. The molecule has 1 aromatic carbocycles. The number of nitrogens with one attached hydrogen (secondary N) is 2. The Morgan fingerprint density at radius 1 is 1.37 bits per heavy atom. The fourth-order valence-corrected chi connectivity index (χ4v) is 4.43. The number of para-hydroxylation sites is 1.